The number of nitrogens with two attached hydrogens (primary N) is 1. The third kappa shape index (κ3) is 4.34. The molecule has 0 saturated heterocycles. The van der Waals surface area contributed by atoms with Crippen LogP contribution in [0, 0.1) is 5.41 Å². The van der Waals surface area contributed by atoms with Crippen LogP contribution in [0.25, 0.3) is 0 Å². The number of benzene rings is 1. The van der Waals surface area contributed by atoms with Gasteiger partial charge in [-0.15, -0.1) is 0 Å². The Morgan fingerprint density at radius 2 is 1.94 bits per heavy atom. The maximum atomic E-state index is 10.9. The topological polar surface area (TPSA) is 55.1 Å². The van der Waals surface area contributed by atoms with Crippen molar-refractivity contribution in [2.24, 2.45) is 11.1 Å². The van der Waals surface area contributed by atoms with Crippen molar-refractivity contribution in [3.8, 4) is 0 Å². The van der Waals surface area contributed by atoms with Crippen molar-refractivity contribution in [2.45, 2.75) is 27.2 Å². The van der Waals surface area contributed by atoms with E-state index in [-0.39, 0.29) is 17.7 Å². The molecule has 1 aromatic carbocycles. The van der Waals surface area contributed by atoms with Gasteiger partial charge in [-0.25, -0.2) is 0 Å². The summed E-state index contributed by atoms with van der Waals surface area (Å²) in [5.74, 6) is -0.301. The van der Waals surface area contributed by atoms with Crippen LogP contribution in [0.2, 0.25) is 0 Å². The van der Waals surface area contributed by atoms with Crippen LogP contribution in [-0.2, 0) is 11.2 Å². The average molecular weight is 220 g/mol. The fourth-order valence-electron chi connectivity index (χ4n) is 1.40. The fraction of sp³-hybridized carbons (Fsp3) is 0.462. The van der Waals surface area contributed by atoms with Crippen LogP contribution in [0.5, 0.6) is 0 Å². The molecule has 1 rings (SSSR count). The van der Waals surface area contributed by atoms with Crippen LogP contribution in [-0.4, -0.2) is 12.5 Å². The second kappa shape index (κ2) is 5.01. The van der Waals surface area contributed by atoms with Gasteiger partial charge in [0.2, 0.25) is 5.91 Å². The van der Waals surface area contributed by atoms with Crippen molar-refractivity contribution in [1.29, 1.82) is 0 Å². The van der Waals surface area contributed by atoms with Gasteiger partial charge in [-0.1, -0.05) is 39.0 Å². The quantitative estimate of drug-likeness (QED) is 0.817. The highest BCUT2D eigenvalue weighted by Crippen LogP contribution is 2.19. The van der Waals surface area contributed by atoms with Gasteiger partial charge in [-0.2, -0.15) is 0 Å². The molecule has 0 aliphatic carbocycles. The lowest BCUT2D eigenvalue weighted by Gasteiger charge is -2.21. The number of para-hydroxylation sites is 1. The lowest BCUT2D eigenvalue weighted by Crippen LogP contribution is -2.21. The number of hydrogen-bond donors (Lipinski definition) is 2. The number of carbonyl (C=O) groups excluding carboxylic acids is 1. The molecule has 0 aliphatic heterocycles. The lowest BCUT2D eigenvalue weighted by molar-refractivity contribution is -0.117. The highest BCUT2D eigenvalue weighted by atomic mass is 16.1. The molecule has 3 N–H and O–H groups in total. The molecule has 88 valence electrons. The normalized spacial score (nSPS) is 11.2. The summed E-state index contributed by atoms with van der Waals surface area (Å²) in [7, 11) is 0. The average Bonchev–Trinajstić information content (AvgIpc) is 2.14. The Bertz CT molecular complexity index is 366. The smallest absolute Gasteiger partial charge is 0.221 e. The molecule has 3 heteroatoms. The zero-order chi connectivity index (χ0) is 12.2. The van der Waals surface area contributed by atoms with Gasteiger partial charge in [0.25, 0.3) is 0 Å². The van der Waals surface area contributed by atoms with E-state index in [4.69, 9.17) is 5.73 Å². The van der Waals surface area contributed by atoms with Gasteiger partial charge in [0.1, 0.15) is 0 Å². The molecular formula is C13H20N2O. The monoisotopic (exact) mass is 220 g/mol. The number of rotatable bonds is 4. The summed E-state index contributed by atoms with van der Waals surface area (Å²) in [5, 5.41) is 3.35. The first kappa shape index (κ1) is 12.6. The van der Waals surface area contributed by atoms with E-state index in [1.807, 2.05) is 24.3 Å². The van der Waals surface area contributed by atoms with E-state index in [1.54, 1.807) is 0 Å². The molecule has 1 aromatic rings. The molecular weight excluding hydrogens is 200 g/mol. The minimum absolute atomic E-state index is 0.208. The third-order valence-corrected chi connectivity index (χ3v) is 2.19. The van der Waals surface area contributed by atoms with Gasteiger partial charge in [0.05, 0.1) is 6.42 Å². The second-order valence-corrected chi connectivity index (χ2v) is 5.21. The first-order valence-electron chi connectivity index (χ1n) is 5.48. The zero-order valence-corrected chi connectivity index (χ0v) is 10.2. The van der Waals surface area contributed by atoms with E-state index in [1.165, 1.54) is 0 Å². The Morgan fingerprint density at radius 1 is 1.31 bits per heavy atom. The van der Waals surface area contributed by atoms with Crippen molar-refractivity contribution in [2.75, 3.05) is 11.9 Å². The molecule has 0 atom stereocenters. The summed E-state index contributed by atoms with van der Waals surface area (Å²) in [6.45, 7) is 7.35. The van der Waals surface area contributed by atoms with Crippen LogP contribution >= 0.6 is 0 Å². The number of amides is 1. The summed E-state index contributed by atoms with van der Waals surface area (Å²) >= 11 is 0. The minimum atomic E-state index is -0.301. The summed E-state index contributed by atoms with van der Waals surface area (Å²) in [5.41, 5.74) is 7.37. The van der Waals surface area contributed by atoms with Gasteiger partial charge in [-0.3, -0.25) is 4.79 Å². The SMILES string of the molecule is CC(C)(C)CNc1ccccc1CC(N)=O. The Balaban J connectivity index is 2.75. The predicted molar refractivity (Wildman–Crippen MR) is 67.3 cm³/mol. The lowest BCUT2D eigenvalue weighted by atomic mass is 9.96. The largest absolute Gasteiger partial charge is 0.384 e. The molecule has 0 aromatic heterocycles. The van der Waals surface area contributed by atoms with Crippen molar-refractivity contribution in [3.05, 3.63) is 29.8 Å². The minimum Gasteiger partial charge on any atom is -0.384 e. The van der Waals surface area contributed by atoms with Crippen molar-refractivity contribution < 1.29 is 4.79 Å². The van der Waals surface area contributed by atoms with E-state index in [2.05, 4.69) is 26.1 Å². The summed E-state index contributed by atoms with van der Waals surface area (Å²) < 4.78 is 0. The summed E-state index contributed by atoms with van der Waals surface area (Å²) in [6, 6.07) is 7.77. The number of nitrogens with one attached hydrogen (secondary N) is 1. The van der Waals surface area contributed by atoms with Crippen LogP contribution < -0.4 is 11.1 Å². The molecule has 0 heterocycles. The maximum absolute atomic E-state index is 10.9. The van der Waals surface area contributed by atoms with Crippen LogP contribution in [0.15, 0.2) is 24.3 Å². The van der Waals surface area contributed by atoms with E-state index < -0.39 is 0 Å². The van der Waals surface area contributed by atoms with Gasteiger partial charge >= 0.3 is 0 Å². The molecule has 0 bridgehead atoms. The van der Waals surface area contributed by atoms with Gasteiger partial charge in [0.15, 0.2) is 0 Å². The van der Waals surface area contributed by atoms with Gasteiger partial charge < -0.3 is 11.1 Å². The highest BCUT2D eigenvalue weighted by Gasteiger charge is 2.11. The molecule has 0 fully saturated rings. The molecule has 0 radical (unpaired) electrons. The molecule has 16 heavy (non-hydrogen) atoms. The summed E-state index contributed by atoms with van der Waals surface area (Å²) in [6.07, 6.45) is 0.285. The van der Waals surface area contributed by atoms with Crippen molar-refractivity contribution in [3.63, 3.8) is 0 Å². The van der Waals surface area contributed by atoms with Crippen LogP contribution in [0.3, 0.4) is 0 Å². The standard InChI is InChI=1S/C13H20N2O/c1-13(2,3)9-15-11-7-5-4-6-10(11)8-12(14)16/h4-7,15H,8-9H2,1-3H3,(H2,14,16). The van der Waals surface area contributed by atoms with Crippen LogP contribution in [0.4, 0.5) is 5.69 Å². The molecule has 1 amide bonds. The molecule has 3 nitrogen and oxygen atoms in total. The Kier molecular flexibility index (Phi) is 3.93. The molecule has 0 saturated carbocycles. The molecule has 0 aliphatic rings. The number of primary amides is 1. The number of carbonyl (C=O) groups is 1. The van der Waals surface area contributed by atoms with E-state index in [0.29, 0.717) is 0 Å². The van der Waals surface area contributed by atoms with Gasteiger partial charge in [-0.05, 0) is 17.0 Å². The predicted octanol–water partition coefficient (Wildman–Crippen LogP) is 2.17. The zero-order valence-electron chi connectivity index (χ0n) is 10.2. The number of hydrogen-bond acceptors (Lipinski definition) is 2. The Labute approximate surface area is 97.0 Å². The highest BCUT2D eigenvalue weighted by molar-refractivity contribution is 5.78. The third-order valence-electron chi connectivity index (χ3n) is 2.19. The van der Waals surface area contributed by atoms with Crippen LogP contribution in [0.1, 0.15) is 26.3 Å². The van der Waals surface area contributed by atoms with Crippen molar-refractivity contribution >= 4 is 11.6 Å². The first-order chi connectivity index (χ1) is 7.38. The van der Waals surface area contributed by atoms with E-state index >= 15 is 0 Å². The van der Waals surface area contributed by atoms with Crippen molar-refractivity contribution in [1.82, 2.24) is 0 Å². The molecule has 0 unspecified atom stereocenters. The van der Waals surface area contributed by atoms with Gasteiger partial charge in [0, 0.05) is 12.2 Å². The Hall–Kier alpha value is -1.51. The van der Waals surface area contributed by atoms with E-state index in [9.17, 15) is 4.79 Å². The fourth-order valence-corrected chi connectivity index (χ4v) is 1.40. The maximum Gasteiger partial charge on any atom is 0.221 e. The Morgan fingerprint density at radius 3 is 2.50 bits per heavy atom. The van der Waals surface area contributed by atoms with E-state index in [0.717, 1.165) is 17.8 Å². The summed E-state index contributed by atoms with van der Waals surface area (Å²) in [4.78, 5) is 10.9. The number of anilines is 1. The second-order valence-electron chi connectivity index (χ2n) is 5.21. The molecule has 0 spiro atoms. The first-order valence-corrected chi connectivity index (χ1v) is 5.48.